The van der Waals surface area contributed by atoms with E-state index in [4.69, 9.17) is 10.8 Å². The quantitative estimate of drug-likeness (QED) is 0.546. The molecular formula is C7H11NO2. The maximum atomic E-state index is 10.5. The van der Waals surface area contributed by atoms with Gasteiger partial charge in [0.05, 0.1) is 0 Å². The van der Waals surface area contributed by atoms with Gasteiger partial charge in [0.2, 0.25) is 0 Å². The Hall–Kier alpha value is -0.830. The van der Waals surface area contributed by atoms with Gasteiger partial charge in [-0.2, -0.15) is 0 Å². The number of rotatable bonds is 2. The summed E-state index contributed by atoms with van der Waals surface area (Å²) in [7, 11) is 0. The molecular weight excluding hydrogens is 130 g/mol. The summed E-state index contributed by atoms with van der Waals surface area (Å²) in [4.78, 5) is 10.5. The van der Waals surface area contributed by atoms with E-state index in [0.29, 0.717) is 6.42 Å². The van der Waals surface area contributed by atoms with Gasteiger partial charge in [0, 0.05) is 5.41 Å². The number of hydrogen-bond acceptors (Lipinski definition) is 2. The molecule has 3 heteroatoms. The second-order valence-corrected chi connectivity index (χ2v) is 3.07. The van der Waals surface area contributed by atoms with Crippen LogP contribution in [0.2, 0.25) is 0 Å². The van der Waals surface area contributed by atoms with E-state index in [1.165, 1.54) is 0 Å². The molecule has 0 radical (unpaired) electrons. The number of nitrogens with two attached hydrogens (primary N) is 1. The molecule has 0 aromatic rings. The van der Waals surface area contributed by atoms with Crippen molar-refractivity contribution in [1.29, 1.82) is 0 Å². The smallest absolute Gasteiger partial charge is 0.324 e. The van der Waals surface area contributed by atoms with Crippen LogP contribution in [0.25, 0.3) is 0 Å². The van der Waals surface area contributed by atoms with Crippen LogP contribution in [0.15, 0.2) is 12.7 Å². The standard InChI is InChI=1S/C7H11NO2/c1-3-6(2)4-7(6,8)5(9)10/h3H,1,4,8H2,2H3,(H,9,10). The van der Waals surface area contributed by atoms with E-state index >= 15 is 0 Å². The zero-order valence-electron chi connectivity index (χ0n) is 5.92. The number of carbonyl (C=O) groups is 1. The van der Waals surface area contributed by atoms with Gasteiger partial charge in [-0.3, -0.25) is 4.79 Å². The number of hydrogen-bond donors (Lipinski definition) is 2. The predicted molar refractivity (Wildman–Crippen MR) is 37.5 cm³/mol. The Morgan fingerprint density at radius 2 is 2.40 bits per heavy atom. The van der Waals surface area contributed by atoms with Gasteiger partial charge in [-0.05, 0) is 6.42 Å². The van der Waals surface area contributed by atoms with Crippen molar-refractivity contribution in [3.8, 4) is 0 Å². The molecule has 1 fully saturated rings. The van der Waals surface area contributed by atoms with Crippen LogP contribution >= 0.6 is 0 Å². The van der Waals surface area contributed by atoms with Crippen molar-refractivity contribution in [3.05, 3.63) is 12.7 Å². The summed E-state index contributed by atoms with van der Waals surface area (Å²) in [5, 5.41) is 8.61. The third kappa shape index (κ3) is 0.609. The Bertz CT molecular complexity index is 202. The molecule has 2 atom stereocenters. The summed E-state index contributed by atoms with van der Waals surface area (Å²) in [5.41, 5.74) is 4.07. The van der Waals surface area contributed by atoms with Crippen molar-refractivity contribution in [3.63, 3.8) is 0 Å². The Balaban J connectivity index is 2.82. The molecule has 0 amide bonds. The van der Waals surface area contributed by atoms with Crippen molar-refractivity contribution in [2.75, 3.05) is 0 Å². The second kappa shape index (κ2) is 1.61. The van der Waals surface area contributed by atoms with Gasteiger partial charge in [-0.25, -0.2) is 0 Å². The van der Waals surface area contributed by atoms with E-state index in [2.05, 4.69) is 6.58 Å². The first kappa shape index (κ1) is 7.28. The van der Waals surface area contributed by atoms with Crippen LogP contribution < -0.4 is 5.73 Å². The highest BCUT2D eigenvalue weighted by Gasteiger charge is 2.65. The fraction of sp³-hybridized carbons (Fsp3) is 0.571. The van der Waals surface area contributed by atoms with E-state index < -0.39 is 16.9 Å². The number of aliphatic carboxylic acids is 1. The first-order valence-corrected chi connectivity index (χ1v) is 3.12. The number of carboxylic acids is 1. The molecule has 0 aromatic carbocycles. The molecule has 0 aromatic heterocycles. The Labute approximate surface area is 59.5 Å². The lowest BCUT2D eigenvalue weighted by Gasteiger charge is -2.08. The van der Waals surface area contributed by atoms with Crippen molar-refractivity contribution in [2.45, 2.75) is 18.9 Å². The highest BCUT2D eigenvalue weighted by molar-refractivity contribution is 5.85. The summed E-state index contributed by atoms with van der Waals surface area (Å²) in [5.74, 6) is -0.935. The lowest BCUT2D eigenvalue weighted by Crippen LogP contribution is -2.37. The molecule has 0 heterocycles. The average Bonchev–Trinajstić information content (AvgIpc) is 2.39. The first-order valence-electron chi connectivity index (χ1n) is 3.12. The van der Waals surface area contributed by atoms with E-state index in [9.17, 15) is 4.79 Å². The molecule has 56 valence electrons. The molecule has 1 saturated carbocycles. The summed E-state index contributed by atoms with van der Waals surface area (Å²) in [6, 6.07) is 0. The molecule has 3 N–H and O–H groups in total. The van der Waals surface area contributed by atoms with Gasteiger partial charge in [0.1, 0.15) is 5.54 Å². The van der Waals surface area contributed by atoms with E-state index in [0.717, 1.165) is 0 Å². The van der Waals surface area contributed by atoms with Crippen molar-refractivity contribution < 1.29 is 9.90 Å². The summed E-state index contributed by atoms with van der Waals surface area (Å²) in [6.45, 7) is 5.33. The second-order valence-electron chi connectivity index (χ2n) is 3.07. The van der Waals surface area contributed by atoms with Gasteiger partial charge in [-0.15, -0.1) is 6.58 Å². The predicted octanol–water partition coefficient (Wildman–Crippen LogP) is 0.365. The summed E-state index contributed by atoms with van der Waals surface area (Å²) < 4.78 is 0. The van der Waals surface area contributed by atoms with E-state index in [1.54, 1.807) is 13.0 Å². The molecule has 0 aliphatic heterocycles. The number of carboxylic acid groups (broad SMARTS) is 1. The molecule has 0 bridgehead atoms. The minimum atomic E-state index is -1.05. The normalized spacial score (nSPS) is 44.6. The van der Waals surface area contributed by atoms with Crippen LogP contribution in [-0.4, -0.2) is 16.6 Å². The SMILES string of the molecule is C=CC1(C)CC1(N)C(=O)O. The molecule has 1 aliphatic carbocycles. The van der Waals surface area contributed by atoms with Crippen molar-refractivity contribution >= 4 is 5.97 Å². The van der Waals surface area contributed by atoms with Crippen molar-refractivity contribution in [2.24, 2.45) is 11.1 Å². The summed E-state index contributed by atoms with van der Waals surface area (Å²) in [6.07, 6.45) is 2.11. The van der Waals surface area contributed by atoms with Crippen LogP contribution in [0.1, 0.15) is 13.3 Å². The van der Waals surface area contributed by atoms with E-state index in [-0.39, 0.29) is 0 Å². The first-order chi connectivity index (χ1) is 4.46. The van der Waals surface area contributed by atoms with Gasteiger partial charge < -0.3 is 10.8 Å². The molecule has 1 aliphatic rings. The molecule has 1 rings (SSSR count). The lowest BCUT2D eigenvalue weighted by molar-refractivity contribution is -0.140. The minimum absolute atomic E-state index is 0.390. The van der Waals surface area contributed by atoms with Crippen molar-refractivity contribution in [1.82, 2.24) is 0 Å². The molecule has 3 nitrogen and oxygen atoms in total. The highest BCUT2D eigenvalue weighted by Crippen LogP contribution is 2.54. The third-order valence-corrected chi connectivity index (χ3v) is 2.37. The van der Waals surface area contributed by atoms with Gasteiger partial charge in [0.25, 0.3) is 0 Å². The van der Waals surface area contributed by atoms with Crippen LogP contribution in [0, 0.1) is 5.41 Å². The van der Waals surface area contributed by atoms with E-state index in [1.807, 2.05) is 0 Å². The summed E-state index contributed by atoms with van der Waals surface area (Å²) >= 11 is 0. The Morgan fingerprint density at radius 3 is 2.50 bits per heavy atom. The Morgan fingerprint density at radius 1 is 1.90 bits per heavy atom. The van der Waals surface area contributed by atoms with Gasteiger partial charge in [-0.1, -0.05) is 13.0 Å². The van der Waals surface area contributed by atoms with Gasteiger partial charge in [0.15, 0.2) is 0 Å². The zero-order chi connectivity index (χ0) is 7.99. The molecule has 0 saturated heterocycles. The minimum Gasteiger partial charge on any atom is -0.480 e. The molecule has 10 heavy (non-hydrogen) atoms. The fourth-order valence-electron chi connectivity index (χ4n) is 1.11. The van der Waals surface area contributed by atoms with Crippen LogP contribution in [0.3, 0.4) is 0 Å². The van der Waals surface area contributed by atoms with Gasteiger partial charge >= 0.3 is 5.97 Å². The monoisotopic (exact) mass is 141 g/mol. The largest absolute Gasteiger partial charge is 0.480 e. The zero-order valence-corrected chi connectivity index (χ0v) is 5.92. The van der Waals surface area contributed by atoms with Crippen LogP contribution in [-0.2, 0) is 4.79 Å². The maximum Gasteiger partial charge on any atom is 0.324 e. The lowest BCUT2D eigenvalue weighted by atomic mass is 10.0. The third-order valence-electron chi connectivity index (χ3n) is 2.37. The maximum absolute atomic E-state index is 10.5. The molecule has 2 unspecified atom stereocenters. The fourth-order valence-corrected chi connectivity index (χ4v) is 1.11. The Kier molecular flexibility index (Phi) is 1.17. The highest BCUT2D eigenvalue weighted by atomic mass is 16.4. The average molecular weight is 141 g/mol. The van der Waals surface area contributed by atoms with Crippen LogP contribution in [0.4, 0.5) is 0 Å². The molecule has 0 spiro atoms. The van der Waals surface area contributed by atoms with Crippen LogP contribution in [0.5, 0.6) is 0 Å². The topological polar surface area (TPSA) is 63.3 Å².